The van der Waals surface area contributed by atoms with Crippen LogP contribution in [0.4, 0.5) is 0 Å². The number of nitrogens with one attached hydrogen (secondary N) is 1. The van der Waals surface area contributed by atoms with Gasteiger partial charge in [-0.3, -0.25) is 0 Å². The lowest BCUT2D eigenvalue weighted by molar-refractivity contribution is 0.199. The molecule has 2 fully saturated rings. The number of nitrogens with zero attached hydrogens (tertiary/aromatic N) is 1. The Morgan fingerprint density at radius 3 is 2.53 bits per heavy atom. The van der Waals surface area contributed by atoms with Gasteiger partial charge in [-0.25, -0.2) is 0 Å². The van der Waals surface area contributed by atoms with Crippen molar-refractivity contribution in [2.75, 3.05) is 25.4 Å². The minimum absolute atomic E-state index is 0.792. The molecule has 0 amide bonds. The summed E-state index contributed by atoms with van der Waals surface area (Å²) in [7, 11) is 0. The molecular weight excluding hydrogens is 228 g/mol. The zero-order valence-corrected chi connectivity index (χ0v) is 12.3. The Bertz CT molecular complexity index is 214. The zero-order valence-electron chi connectivity index (χ0n) is 11.5. The number of rotatable bonds is 5. The molecule has 2 unspecified atom stereocenters. The van der Waals surface area contributed by atoms with Gasteiger partial charge in [-0.15, -0.1) is 0 Å². The summed E-state index contributed by atoms with van der Waals surface area (Å²) in [6, 6.07) is 1.60. The highest BCUT2D eigenvalue weighted by Gasteiger charge is 2.29. The number of hydrogen-bond donors (Lipinski definition) is 1. The molecule has 3 heteroatoms. The first-order valence-electron chi connectivity index (χ1n) is 7.43. The molecule has 1 saturated heterocycles. The topological polar surface area (TPSA) is 15.3 Å². The second kappa shape index (κ2) is 7.01. The second-order valence-electron chi connectivity index (χ2n) is 5.41. The van der Waals surface area contributed by atoms with Crippen molar-refractivity contribution >= 4 is 11.8 Å². The van der Waals surface area contributed by atoms with Gasteiger partial charge in [0.25, 0.3) is 0 Å². The minimum atomic E-state index is 0.792. The molecular formula is C14H28N2S. The molecule has 1 N–H and O–H groups in total. The van der Waals surface area contributed by atoms with Crippen molar-refractivity contribution in [3.8, 4) is 0 Å². The third kappa shape index (κ3) is 3.87. The van der Waals surface area contributed by atoms with E-state index in [0.717, 1.165) is 17.3 Å². The molecule has 0 aromatic rings. The standard InChI is InChI=1S/C14H28N2S/c1-3-16-10-8-12(9-11-16)15-13-6-5-7-14(13)17-4-2/h12-15H,3-11H2,1-2H3. The first-order chi connectivity index (χ1) is 8.33. The van der Waals surface area contributed by atoms with Gasteiger partial charge in [0.1, 0.15) is 0 Å². The highest BCUT2D eigenvalue weighted by molar-refractivity contribution is 7.99. The first kappa shape index (κ1) is 13.7. The molecule has 2 aliphatic rings. The van der Waals surface area contributed by atoms with E-state index in [0.29, 0.717) is 0 Å². The molecule has 0 bridgehead atoms. The van der Waals surface area contributed by atoms with Crippen molar-refractivity contribution in [1.29, 1.82) is 0 Å². The summed E-state index contributed by atoms with van der Waals surface area (Å²) in [5.74, 6) is 1.27. The van der Waals surface area contributed by atoms with Crippen LogP contribution in [0.15, 0.2) is 0 Å². The third-order valence-electron chi connectivity index (χ3n) is 4.32. The van der Waals surface area contributed by atoms with E-state index in [1.54, 1.807) is 0 Å². The lowest BCUT2D eigenvalue weighted by Crippen LogP contribution is -2.47. The van der Waals surface area contributed by atoms with Crippen LogP contribution < -0.4 is 5.32 Å². The van der Waals surface area contributed by atoms with Crippen LogP contribution in [0.2, 0.25) is 0 Å². The maximum Gasteiger partial charge on any atom is 0.0201 e. The van der Waals surface area contributed by atoms with Gasteiger partial charge in [0.15, 0.2) is 0 Å². The smallest absolute Gasteiger partial charge is 0.0201 e. The Labute approximate surface area is 111 Å². The van der Waals surface area contributed by atoms with E-state index in [4.69, 9.17) is 0 Å². The molecule has 0 spiro atoms. The molecule has 0 aromatic heterocycles. The second-order valence-corrected chi connectivity index (χ2v) is 6.92. The maximum absolute atomic E-state index is 3.95. The van der Waals surface area contributed by atoms with Crippen LogP contribution in [0, 0.1) is 0 Å². The Morgan fingerprint density at radius 1 is 1.12 bits per heavy atom. The van der Waals surface area contributed by atoms with Crippen molar-refractivity contribution in [1.82, 2.24) is 10.2 Å². The average molecular weight is 256 g/mol. The molecule has 2 rings (SSSR count). The summed E-state index contributed by atoms with van der Waals surface area (Å²) in [5, 5.41) is 4.84. The largest absolute Gasteiger partial charge is 0.310 e. The van der Waals surface area contributed by atoms with Gasteiger partial charge >= 0.3 is 0 Å². The summed E-state index contributed by atoms with van der Waals surface area (Å²) in [6.07, 6.45) is 6.99. The summed E-state index contributed by atoms with van der Waals surface area (Å²) in [4.78, 5) is 2.57. The lowest BCUT2D eigenvalue weighted by atomic mass is 10.0. The number of hydrogen-bond acceptors (Lipinski definition) is 3. The Balaban J connectivity index is 1.73. The summed E-state index contributed by atoms with van der Waals surface area (Å²) in [6.45, 7) is 8.39. The quantitative estimate of drug-likeness (QED) is 0.814. The number of piperidine rings is 1. The van der Waals surface area contributed by atoms with E-state index in [1.807, 2.05) is 0 Å². The van der Waals surface area contributed by atoms with Crippen LogP contribution in [0.1, 0.15) is 46.0 Å². The van der Waals surface area contributed by atoms with Crippen LogP contribution in [-0.2, 0) is 0 Å². The SMILES string of the molecule is CCSC1CCCC1NC1CCN(CC)CC1. The Kier molecular flexibility index (Phi) is 5.64. The van der Waals surface area contributed by atoms with Crippen LogP contribution >= 0.6 is 11.8 Å². The van der Waals surface area contributed by atoms with E-state index in [-0.39, 0.29) is 0 Å². The molecule has 0 aromatic carbocycles. The molecule has 1 aliphatic carbocycles. The zero-order chi connectivity index (χ0) is 12.1. The normalized spacial score (nSPS) is 32.1. The van der Waals surface area contributed by atoms with Crippen LogP contribution in [0.3, 0.4) is 0 Å². The molecule has 100 valence electrons. The molecule has 2 nitrogen and oxygen atoms in total. The first-order valence-corrected chi connectivity index (χ1v) is 8.48. The Morgan fingerprint density at radius 2 is 1.88 bits per heavy atom. The third-order valence-corrected chi connectivity index (χ3v) is 5.64. The molecule has 17 heavy (non-hydrogen) atoms. The summed E-state index contributed by atoms with van der Waals surface area (Å²) >= 11 is 2.17. The number of likely N-dealkylation sites (tertiary alicyclic amines) is 1. The van der Waals surface area contributed by atoms with Gasteiger partial charge in [0.05, 0.1) is 0 Å². The maximum atomic E-state index is 3.95. The fourth-order valence-electron chi connectivity index (χ4n) is 3.25. The van der Waals surface area contributed by atoms with E-state index >= 15 is 0 Å². The molecule has 2 atom stereocenters. The highest BCUT2D eigenvalue weighted by atomic mass is 32.2. The molecule has 0 radical (unpaired) electrons. The van der Waals surface area contributed by atoms with Gasteiger partial charge in [-0.1, -0.05) is 20.3 Å². The van der Waals surface area contributed by atoms with Crippen LogP contribution in [0.25, 0.3) is 0 Å². The lowest BCUT2D eigenvalue weighted by Gasteiger charge is -2.34. The van der Waals surface area contributed by atoms with Crippen molar-refractivity contribution in [2.24, 2.45) is 0 Å². The van der Waals surface area contributed by atoms with E-state index < -0.39 is 0 Å². The number of thioether (sulfide) groups is 1. The average Bonchev–Trinajstić information content (AvgIpc) is 2.78. The van der Waals surface area contributed by atoms with E-state index in [9.17, 15) is 0 Å². The van der Waals surface area contributed by atoms with Crippen LogP contribution in [0.5, 0.6) is 0 Å². The summed E-state index contributed by atoms with van der Waals surface area (Å²) < 4.78 is 0. The van der Waals surface area contributed by atoms with Gasteiger partial charge in [0.2, 0.25) is 0 Å². The fraction of sp³-hybridized carbons (Fsp3) is 1.00. The monoisotopic (exact) mass is 256 g/mol. The fourth-order valence-corrected chi connectivity index (χ4v) is 4.46. The van der Waals surface area contributed by atoms with Gasteiger partial charge < -0.3 is 10.2 Å². The Hall–Kier alpha value is 0.270. The van der Waals surface area contributed by atoms with Gasteiger partial charge in [0, 0.05) is 17.3 Å². The van der Waals surface area contributed by atoms with E-state index in [2.05, 4.69) is 35.8 Å². The van der Waals surface area contributed by atoms with Crippen molar-refractivity contribution < 1.29 is 0 Å². The van der Waals surface area contributed by atoms with Crippen molar-refractivity contribution in [2.45, 2.75) is 63.3 Å². The summed E-state index contributed by atoms with van der Waals surface area (Å²) in [5.41, 5.74) is 0. The molecule has 1 aliphatic heterocycles. The molecule has 1 saturated carbocycles. The van der Waals surface area contributed by atoms with Crippen LogP contribution in [-0.4, -0.2) is 47.6 Å². The highest BCUT2D eigenvalue weighted by Crippen LogP contribution is 2.30. The molecule has 1 heterocycles. The van der Waals surface area contributed by atoms with Gasteiger partial charge in [-0.05, 0) is 51.1 Å². The predicted octanol–water partition coefficient (Wildman–Crippen LogP) is 2.73. The van der Waals surface area contributed by atoms with Crippen molar-refractivity contribution in [3.05, 3.63) is 0 Å². The minimum Gasteiger partial charge on any atom is -0.310 e. The predicted molar refractivity (Wildman–Crippen MR) is 77.8 cm³/mol. The van der Waals surface area contributed by atoms with E-state index in [1.165, 1.54) is 57.5 Å². The van der Waals surface area contributed by atoms with Gasteiger partial charge in [-0.2, -0.15) is 11.8 Å². The van der Waals surface area contributed by atoms with Crippen molar-refractivity contribution in [3.63, 3.8) is 0 Å².